The van der Waals surface area contributed by atoms with Gasteiger partial charge in [-0.3, -0.25) is 0 Å². The summed E-state index contributed by atoms with van der Waals surface area (Å²) < 4.78 is 17.8. The number of methoxy groups -OCH3 is 1. The number of fused-ring (bicyclic) bond motifs is 4. The summed E-state index contributed by atoms with van der Waals surface area (Å²) in [5.74, 6) is 0.929. The zero-order valence-electron chi connectivity index (χ0n) is 16.2. The van der Waals surface area contributed by atoms with E-state index in [-0.39, 0.29) is 23.2 Å². The first-order valence-electron chi connectivity index (χ1n) is 10.1. The van der Waals surface area contributed by atoms with E-state index in [0.29, 0.717) is 11.8 Å². The van der Waals surface area contributed by atoms with Gasteiger partial charge in [-0.15, -0.1) is 0 Å². The molecule has 4 nitrogen and oxygen atoms in total. The van der Waals surface area contributed by atoms with Gasteiger partial charge in [0.2, 0.25) is 0 Å². The highest BCUT2D eigenvalue weighted by Crippen LogP contribution is 2.61. The Kier molecular flexibility index (Phi) is 4.55. The predicted octanol–water partition coefficient (Wildman–Crippen LogP) is 4.03. The molecule has 1 N–H and O–H groups in total. The summed E-state index contributed by atoms with van der Waals surface area (Å²) >= 11 is 0. The molecule has 4 aliphatic rings. The van der Waals surface area contributed by atoms with Crippen molar-refractivity contribution in [2.45, 2.75) is 84.4 Å². The van der Waals surface area contributed by atoms with Crippen molar-refractivity contribution in [3.63, 3.8) is 0 Å². The van der Waals surface area contributed by atoms with Gasteiger partial charge in [-0.2, -0.15) is 0 Å². The van der Waals surface area contributed by atoms with E-state index in [1.807, 2.05) is 0 Å². The average molecular weight is 350 g/mol. The van der Waals surface area contributed by atoms with Crippen molar-refractivity contribution in [1.82, 2.24) is 0 Å². The zero-order chi connectivity index (χ0) is 17.8. The first kappa shape index (κ1) is 18.0. The molecule has 2 aliphatic carbocycles. The lowest BCUT2D eigenvalue weighted by Crippen LogP contribution is -2.51. The second-order valence-corrected chi connectivity index (χ2v) is 9.54. The van der Waals surface area contributed by atoms with Crippen molar-refractivity contribution >= 4 is 0 Å². The predicted molar refractivity (Wildman–Crippen MR) is 95.8 cm³/mol. The highest BCUT2D eigenvalue weighted by Gasteiger charge is 2.57. The maximum Gasteiger partial charge on any atom is 0.182 e. The van der Waals surface area contributed by atoms with Crippen LogP contribution in [0.1, 0.15) is 65.7 Å². The third kappa shape index (κ3) is 2.80. The topological polar surface area (TPSA) is 47.9 Å². The summed E-state index contributed by atoms with van der Waals surface area (Å²) in [6, 6.07) is 0. The number of hydrogen-bond acceptors (Lipinski definition) is 4. The quantitative estimate of drug-likeness (QED) is 0.726. The number of rotatable bonds is 1. The highest BCUT2D eigenvalue weighted by molar-refractivity contribution is 5.29. The average Bonchev–Trinajstić information content (AvgIpc) is 2.69. The SMILES string of the molecule is CO[C@@H]1OCCC2=C1[C@H]1O[C@H](O)C[C@@H]3C(C)(C)CCC[C@@]3(C)[C@@H]1CC2. The fourth-order valence-corrected chi connectivity index (χ4v) is 6.66. The molecule has 0 bridgehead atoms. The number of hydrogen-bond donors (Lipinski definition) is 1. The standard InChI is InChI=1S/C21H34O4/c1-20(2)9-5-10-21(3)14-7-6-13-8-11-24-19(23-4)17(13)18(14)25-16(22)12-15(20)21/h14-16,18-19,22H,5-12H2,1-4H3/t14-,15-,16+,18+,19-,21+/m1/s1. The van der Waals surface area contributed by atoms with Gasteiger partial charge >= 0.3 is 0 Å². The Labute approximate surface area is 151 Å². The smallest absolute Gasteiger partial charge is 0.182 e. The summed E-state index contributed by atoms with van der Waals surface area (Å²) in [6.45, 7) is 7.97. The van der Waals surface area contributed by atoms with Crippen LogP contribution in [0.4, 0.5) is 0 Å². The summed E-state index contributed by atoms with van der Waals surface area (Å²) in [6.07, 6.45) is 6.71. The molecule has 0 aromatic heterocycles. The Morgan fingerprint density at radius 2 is 1.96 bits per heavy atom. The van der Waals surface area contributed by atoms with Crippen LogP contribution in [0.25, 0.3) is 0 Å². The first-order valence-corrected chi connectivity index (χ1v) is 10.1. The monoisotopic (exact) mass is 350 g/mol. The van der Waals surface area contributed by atoms with E-state index in [0.717, 1.165) is 32.3 Å². The van der Waals surface area contributed by atoms with Crippen LogP contribution in [0, 0.1) is 22.7 Å². The second-order valence-electron chi connectivity index (χ2n) is 9.54. The fourth-order valence-electron chi connectivity index (χ4n) is 6.66. The minimum Gasteiger partial charge on any atom is -0.368 e. The molecule has 2 heterocycles. The summed E-state index contributed by atoms with van der Waals surface area (Å²) in [4.78, 5) is 0. The Morgan fingerprint density at radius 1 is 1.16 bits per heavy atom. The van der Waals surface area contributed by atoms with Crippen molar-refractivity contribution in [1.29, 1.82) is 0 Å². The van der Waals surface area contributed by atoms with Gasteiger partial charge in [-0.25, -0.2) is 0 Å². The maximum absolute atomic E-state index is 10.7. The third-order valence-corrected chi connectivity index (χ3v) is 7.84. The molecule has 0 aromatic carbocycles. The van der Waals surface area contributed by atoms with Crippen molar-refractivity contribution in [2.75, 3.05) is 13.7 Å². The zero-order valence-corrected chi connectivity index (χ0v) is 16.2. The van der Waals surface area contributed by atoms with E-state index in [1.165, 1.54) is 30.4 Å². The van der Waals surface area contributed by atoms with Gasteiger partial charge in [0.05, 0.1) is 12.7 Å². The summed E-state index contributed by atoms with van der Waals surface area (Å²) in [5.41, 5.74) is 3.10. The van der Waals surface area contributed by atoms with E-state index in [2.05, 4.69) is 20.8 Å². The fraction of sp³-hybridized carbons (Fsp3) is 0.905. The normalized spacial score (nSPS) is 46.7. The van der Waals surface area contributed by atoms with Crippen LogP contribution in [-0.2, 0) is 14.2 Å². The summed E-state index contributed by atoms with van der Waals surface area (Å²) in [7, 11) is 1.71. The molecule has 2 aliphatic heterocycles. The van der Waals surface area contributed by atoms with Gasteiger partial charge in [0.25, 0.3) is 0 Å². The van der Waals surface area contributed by atoms with E-state index in [1.54, 1.807) is 7.11 Å². The van der Waals surface area contributed by atoms with Crippen LogP contribution >= 0.6 is 0 Å². The molecule has 25 heavy (non-hydrogen) atoms. The molecule has 1 saturated heterocycles. The maximum atomic E-state index is 10.7. The molecule has 142 valence electrons. The van der Waals surface area contributed by atoms with Crippen molar-refractivity contribution < 1.29 is 19.3 Å². The molecule has 2 fully saturated rings. The number of aliphatic hydroxyl groups excluding tert-OH is 1. The lowest BCUT2D eigenvalue weighted by atomic mass is 9.49. The number of ether oxygens (including phenoxy) is 3. The van der Waals surface area contributed by atoms with Gasteiger partial charge in [-0.05, 0) is 54.8 Å². The van der Waals surface area contributed by atoms with Gasteiger partial charge in [0.15, 0.2) is 12.6 Å². The van der Waals surface area contributed by atoms with E-state index in [9.17, 15) is 5.11 Å². The molecule has 0 spiro atoms. The van der Waals surface area contributed by atoms with Gasteiger partial charge in [-0.1, -0.05) is 32.8 Å². The Hall–Kier alpha value is -0.420. The van der Waals surface area contributed by atoms with Crippen LogP contribution in [0.3, 0.4) is 0 Å². The van der Waals surface area contributed by atoms with E-state index in [4.69, 9.17) is 14.2 Å². The lowest BCUT2D eigenvalue weighted by Gasteiger charge is -2.55. The van der Waals surface area contributed by atoms with Crippen LogP contribution in [0.15, 0.2) is 11.1 Å². The molecule has 0 radical (unpaired) electrons. The van der Waals surface area contributed by atoms with E-state index < -0.39 is 6.29 Å². The molecule has 0 amide bonds. The second kappa shape index (κ2) is 6.33. The van der Waals surface area contributed by atoms with E-state index >= 15 is 0 Å². The number of aliphatic hydroxyl groups is 1. The molecule has 4 rings (SSSR count). The van der Waals surface area contributed by atoms with Crippen LogP contribution in [-0.4, -0.2) is 37.5 Å². The molecular weight excluding hydrogens is 316 g/mol. The van der Waals surface area contributed by atoms with Crippen molar-refractivity contribution in [3.05, 3.63) is 11.1 Å². The molecule has 6 atom stereocenters. The van der Waals surface area contributed by atoms with Gasteiger partial charge in [0, 0.05) is 19.1 Å². The molecule has 0 aromatic rings. The Bertz CT molecular complexity index is 554. The largest absolute Gasteiger partial charge is 0.368 e. The van der Waals surface area contributed by atoms with Gasteiger partial charge < -0.3 is 19.3 Å². The Morgan fingerprint density at radius 3 is 2.72 bits per heavy atom. The summed E-state index contributed by atoms with van der Waals surface area (Å²) in [5, 5.41) is 10.7. The van der Waals surface area contributed by atoms with Crippen LogP contribution < -0.4 is 0 Å². The van der Waals surface area contributed by atoms with Crippen molar-refractivity contribution in [3.8, 4) is 0 Å². The molecule has 1 saturated carbocycles. The van der Waals surface area contributed by atoms with Crippen LogP contribution in [0.5, 0.6) is 0 Å². The Balaban J connectivity index is 1.77. The van der Waals surface area contributed by atoms with Crippen molar-refractivity contribution in [2.24, 2.45) is 22.7 Å². The molecular formula is C21H34O4. The third-order valence-electron chi connectivity index (χ3n) is 7.84. The highest BCUT2D eigenvalue weighted by atomic mass is 16.7. The minimum absolute atomic E-state index is 0.0621. The first-order chi connectivity index (χ1) is 11.9. The molecule has 0 unspecified atom stereocenters. The lowest BCUT2D eigenvalue weighted by molar-refractivity contribution is -0.169. The van der Waals surface area contributed by atoms with Crippen LogP contribution in [0.2, 0.25) is 0 Å². The minimum atomic E-state index is -0.692. The van der Waals surface area contributed by atoms with Gasteiger partial charge in [0.1, 0.15) is 0 Å². The molecule has 4 heteroatoms.